The highest BCUT2D eigenvalue weighted by molar-refractivity contribution is 7.92. The molecule has 0 bridgehead atoms. The molecule has 9 heteroatoms. The fraction of sp³-hybridized carbons (Fsp3) is 0.481. The first-order chi connectivity index (χ1) is 17.0. The summed E-state index contributed by atoms with van der Waals surface area (Å²) in [4.78, 5) is 28.3. The van der Waals surface area contributed by atoms with Gasteiger partial charge in [0.25, 0.3) is 0 Å². The number of hydrogen-bond acceptors (Lipinski definition) is 4. The summed E-state index contributed by atoms with van der Waals surface area (Å²) in [5.74, 6) is -0.693. The molecule has 36 heavy (non-hydrogen) atoms. The molecule has 7 nitrogen and oxygen atoms in total. The van der Waals surface area contributed by atoms with Crippen LogP contribution in [0.1, 0.15) is 55.7 Å². The van der Waals surface area contributed by atoms with Crippen LogP contribution >= 0.6 is 11.6 Å². The summed E-state index contributed by atoms with van der Waals surface area (Å²) >= 11 is 6.02. The van der Waals surface area contributed by atoms with Crippen molar-refractivity contribution in [3.63, 3.8) is 0 Å². The summed E-state index contributed by atoms with van der Waals surface area (Å²) in [7, 11) is -3.76. The van der Waals surface area contributed by atoms with Crippen molar-refractivity contribution in [2.45, 2.75) is 71.5 Å². The maximum Gasteiger partial charge on any atom is 0.244 e. The van der Waals surface area contributed by atoms with Gasteiger partial charge in [0.05, 0.1) is 11.9 Å². The summed E-state index contributed by atoms with van der Waals surface area (Å²) < 4.78 is 26.5. The molecule has 196 valence electrons. The molecule has 3 rings (SSSR count). The van der Waals surface area contributed by atoms with E-state index in [1.807, 2.05) is 19.9 Å². The number of anilines is 1. The van der Waals surface area contributed by atoms with E-state index in [4.69, 9.17) is 11.6 Å². The zero-order valence-electron chi connectivity index (χ0n) is 21.5. The first-order valence-corrected chi connectivity index (χ1v) is 14.6. The van der Waals surface area contributed by atoms with Crippen LogP contribution in [0.5, 0.6) is 0 Å². The molecule has 2 amide bonds. The summed E-state index contributed by atoms with van der Waals surface area (Å²) in [6.45, 7) is 5.27. The van der Waals surface area contributed by atoms with Crippen molar-refractivity contribution in [3.05, 3.63) is 64.2 Å². The molecule has 2 aromatic rings. The van der Waals surface area contributed by atoms with Gasteiger partial charge in [0.15, 0.2) is 0 Å². The maximum atomic E-state index is 13.6. The van der Waals surface area contributed by atoms with Crippen LogP contribution in [0, 0.1) is 13.8 Å². The molecule has 0 saturated heterocycles. The lowest BCUT2D eigenvalue weighted by Gasteiger charge is -2.33. The number of carbonyl (C=O) groups excluding carboxylic acids is 2. The van der Waals surface area contributed by atoms with Crippen molar-refractivity contribution in [2.24, 2.45) is 0 Å². The minimum absolute atomic E-state index is 0.101. The van der Waals surface area contributed by atoms with Gasteiger partial charge in [-0.05, 0) is 74.6 Å². The van der Waals surface area contributed by atoms with Crippen molar-refractivity contribution in [2.75, 3.05) is 17.1 Å². The average molecular weight is 534 g/mol. The molecule has 1 aliphatic carbocycles. The molecule has 0 spiro atoms. The SMILES string of the molecule is Cc1ccc(N(CC(=O)N(Cc2ccc(Cl)cc2)[C@@H](C)C(=O)NC2CCCCC2)S(C)(=O)=O)cc1C. The number of halogens is 1. The fourth-order valence-electron chi connectivity index (χ4n) is 4.43. The zero-order valence-corrected chi connectivity index (χ0v) is 23.0. The standard InChI is InChI=1S/C27H36ClN3O4S/c1-19-10-15-25(16-20(19)2)31(36(4,34)35)18-26(32)30(17-22-11-13-23(28)14-12-22)21(3)27(33)29-24-8-6-5-7-9-24/h10-16,21,24H,5-9,17-18H2,1-4H3,(H,29,33)/t21-/m0/s1. The van der Waals surface area contributed by atoms with Crippen molar-refractivity contribution in [1.82, 2.24) is 10.2 Å². The van der Waals surface area contributed by atoms with E-state index in [0.29, 0.717) is 10.7 Å². The Kier molecular flexibility index (Phi) is 9.41. The van der Waals surface area contributed by atoms with E-state index in [1.54, 1.807) is 43.3 Å². The van der Waals surface area contributed by atoms with Crippen molar-refractivity contribution < 1.29 is 18.0 Å². The molecule has 1 fully saturated rings. The number of sulfonamides is 1. The van der Waals surface area contributed by atoms with E-state index in [-0.39, 0.29) is 18.5 Å². The summed E-state index contributed by atoms with van der Waals surface area (Å²) in [6.07, 6.45) is 6.26. The molecule has 1 N–H and O–H groups in total. The fourth-order valence-corrected chi connectivity index (χ4v) is 5.40. The Hall–Kier alpha value is -2.58. The molecular weight excluding hydrogens is 498 g/mol. The normalized spacial score (nSPS) is 15.2. The van der Waals surface area contributed by atoms with E-state index >= 15 is 0 Å². The highest BCUT2D eigenvalue weighted by Gasteiger charge is 2.31. The van der Waals surface area contributed by atoms with Crippen LogP contribution in [-0.2, 0) is 26.2 Å². The molecular formula is C27H36ClN3O4S. The first kappa shape index (κ1) is 28.0. The van der Waals surface area contributed by atoms with Crippen LogP contribution in [0.25, 0.3) is 0 Å². The lowest BCUT2D eigenvalue weighted by atomic mass is 9.95. The Labute approximate surface area is 219 Å². The monoisotopic (exact) mass is 533 g/mol. The summed E-state index contributed by atoms with van der Waals surface area (Å²) in [6, 6.07) is 11.7. The molecule has 1 atom stereocenters. The number of nitrogens with zero attached hydrogens (tertiary/aromatic N) is 2. The Morgan fingerprint density at radius 3 is 2.25 bits per heavy atom. The Bertz CT molecular complexity index is 1180. The highest BCUT2D eigenvalue weighted by Crippen LogP contribution is 2.23. The Morgan fingerprint density at radius 2 is 1.67 bits per heavy atom. The third kappa shape index (κ3) is 7.46. The van der Waals surface area contributed by atoms with Crippen LogP contribution in [0.3, 0.4) is 0 Å². The largest absolute Gasteiger partial charge is 0.352 e. The Morgan fingerprint density at radius 1 is 1.03 bits per heavy atom. The first-order valence-electron chi connectivity index (χ1n) is 12.3. The second kappa shape index (κ2) is 12.1. The van der Waals surface area contributed by atoms with E-state index in [9.17, 15) is 18.0 Å². The molecule has 2 aromatic carbocycles. The van der Waals surface area contributed by atoms with Gasteiger partial charge < -0.3 is 10.2 Å². The van der Waals surface area contributed by atoms with E-state index in [1.165, 1.54) is 11.3 Å². The second-order valence-electron chi connectivity index (χ2n) is 9.71. The van der Waals surface area contributed by atoms with Crippen LogP contribution in [-0.4, -0.2) is 50.0 Å². The minimum atomic E-state index is -3.76. The average Bonchev–Trinajstić information content (AvgIpc) is 2.83. The van der Waals surface area contributed by atoms with Gasteiger partial charge in [0, 0.05) is 17.6 Å². The van der Waals surface area contributed by atoms with Gasteiger partial charge in [0.1, 0.15) is 12.6 Å². The van der Waals surface area contributed by atoms with Crippen LogP contribution in [0.4, 0.5) is 5.69 Å². The van der Waals surface area contributed by atoms with E-state index in [2.05, 4.69) is 5.32 Å². The lowest BCUT2D eigenvalue weighted by Crippen LogP contribution is -2.52. The van der Waals surface area contributed by atoms with Gasteiger partial charge in [-0.2, -0.15) is 0 Å². The number of rotatable bonds is 9. The van der Waals surface area contributed by atoms with Crippen molar-refractivity contribution >= 4 is 39.1 Å². The molecule has 0 aromatic heterocycles. The third-order valence-electron chi connectivity index (χ3n) is 6.84. The van der Waals surface area contributed by atoms with Gasteiger partial charge in [-0.15, -0.1) is 0 Å². The number of carbonyl (C=O) groups is 2. The third-order valence-corrected chi connectivity index (χ3v) is 8.24. The molecule has 0 heterocycles. The van der Waals surface area contributed by atoms with Gasteiger partial charge >= 0.3 is 0 Å². The molecule has 1 aliphatic rings. The number of benzene rings is 2. The summed E-state index contributed by atoms with van der Waals surface area (Å²) in [5.41, 5.74) is 3.16. The number of amides is 2. The lowest BCUT2D eigenvalue weighted by molar-refractivity contribution is -0.139. The van der Waals surface area contributed by atoms with E-state index in [0.717, 1.165) is 52.9 Å². The van der Waals surface area contributed by atoms with Gasteiger partial charge in [-0.3, -0.25) is 13.9 Å². The van der Waals surface area contributed by atoms with E-state index < -0.39 is 28.5 Å². The highest BCUT2D eigenvalue weighted by atomic mass is 35.5. The molecule has 1 saturated carbocycles. The topological polar surface area (TPSA) is 86.8 Å². The van der Waals surface area contributed by atoms with Gasteiger partial charge in [0.2, 0.25) is 21.8 Å². The number of aryl methyl sites for hydroxylation is 2. The molecule has 0 aliphatic heterocycles. The molecule has 0 radical (unpaired) electrons. The van der Waals surface area contributed by atoms with Crippen molar-refractivity contribution in [3.8, 4) is 0 Å². The summed E-state index contributed by atoms with van der Waals surface area (Å²) in [5, 5.41) is 3.66. The predicted octanol–water partition coefficient (Wildman–Crippen LogP) is 4.59. The zero-order chi connectivity index (χ0) is 26.5. The maximum absolute atomic E-state index is 13.6. The van der Waals surface area contributed by atoms with Crippen LogP contribution in [0.15, 0.2) is 42.5 Å². The predicted molar refractivity (Wildman–Crippen MR) is 145 cm³/mol. The van der Waals surface area contributed by atoms with Crippen LogP contribution < -0.4 is 9.62 Å². The quantitative estimate of drug-likeness (QED) is 0.511. The van der Waals surface area contributed by atoms with Crippen LogP contribution in [0.2, 0.25) is 5.02 Å². The van der Waals surface area contributed by atoms with Gasteiger partial charge in [-0.25, -0.2) is 8.42 Å². The number of nitrogens with one attached hydrogen (secondary N) is 1. The molecule has 0 unspecified atom stereocenters. The smallest absolute Gasteiger partial charge is 0.244 e. The Balaban J connectivity index is 1.87. The second-order valence-corrected chi connectivity index (χ2v) is 12.0. The minimum Gasteiger partial charge on any atom is -0.352 e. The van der Waals surface area contributed by atoms with Gasteiger partial charge in [-0.1, -0.05) is 49.1 Å². The number of hydrogen-bond donors (Lipinski definition) is 1. The van der Waals surface area contributed by atoms with Crippen molar-refractivity contribution in [1.29, 1.82) is 0 Å².